The van der Waals surface area contributed by atoms with Crippen molar-refractivity contribution in [3.05, 3.63) is 12.7 Å². The lowest BCUT2D eigenvalue weighted by molar-refractivity contribution is -0.154. The summed E-state index contributed by atoms with van der Waals surface area (Å²) < 4.78 is 31.9. The number of carbonyl (C=O) groups excluding carboxylic acids is 2. The summed E-state index contributed by atoms with van der Waals surface area (Å²) in [5.41, 5.74) is 6.90. The maximum atomic E-state index is 13.7. The van der Waals surface area contributed by atoms with E-state index in [1.807, 2.05) is 6.92 Å². The minimum atomic E-state index is -3.45. The number of ether oxygens (including phenoxy) is 3. The second kappa shape index (κ2) is 12.6. The molecule has 1 aliphatic rings. The van der Waals surface area contributed by atoms with Crippen LogP contribution in [0.25, 0.3) is 11.2 Å². The van der Waals surface area contributed by atoms with Gasteiger partial charge in [0, 0.05) is 6.54 Å². The number of hydrogen-bond acceptors (Lipinski definition) is 10. The molecular formula is C22H36N7O6P. The van der Waals surface area contributed by atoms with Crippen LogP contribution in [-0.4, -0.2) is 68.7 Å². The number of nitrogens with one attached hydrogen (secondary N) is 2. The van der Waals surface area contributed by atoms with E-state index >= 15 is 0 Å². The quantitative estimate of drug-likeness (QED) is 0.242. The lowest BCUT2D eigenvalue weighted by Crippen LogP contribution is -2.41. The Bertz CT molecular complexity index is 1090. The van der Waals surface area contributed by atoms with Gasteiger partial charge in [-0.3, -0.25) is 19.2 Å². The number of aromatic nitrogens is 4. The molecule has 0 aromatic carbocycles. The average molecular weight is 526 g/mol. The minimum Gasteiger partial charge on any atom is -0.463 e. The highest BCUT2D eigenvalue weighted by atomic mass is 31.2. The zero-order valence-electron chi connectivity index (χ0n) is 21.2. The maximum Gasteiger partial charge on any atom is 0.323 e. The van der Waals surface area contributed by atoms with E-state index in [1.165, 1.54) is 6.33 Å². The number of hydrogen-bond donors (Lipinski definition) is 3. The van der Waals surface area contributed by atoms with Crippen molar-refractivity contribution in [1.29, 1.82) is 0 Å². The highest BCUT2D eigenvalue weighted by Gasteiger charge is 2.31. The van der Waals surface area contributed by atoms with Gasteiger partial charge in [-0.15, -0.1) is 0 Å². The molecule has 13 nitrogen and oxygen atoms in total. The SMILES string of the molecule is CC(C)OC(=O)CCN[P@@](=O)(CO[C@H](C)Cn1cnc2c(N)ncnc21)N[C@H](C)C(=O)OC1CCC1. The Balaban J connectivity index is 1.60. The van der Waals surface area contributed by atoms with Gasteiger partial charge >= 0.3 is 11.9 Å². The fraction of sp³-hybridized carbons (Fsp3) is 0.682. The van der Waals surface area contributed by atoms with Crippen LogP contribution in [0.15, 0.2) is 12.7 Å². The first-order valence-corrected chi connectivity index (χ1v) is 14.0. The maximum absolute atomic E-state index is 13.7. The number of rotatable bonds is 14. The van der Waals surface area contributed by atoms with E-state index in [0.29, 0.717) is 17.7 Å². The number of imidazole rings is 1. The second-order valence-corrected chi connectivity index (χ2v) is 11.5. The van der Waals surface area contributed by atoms with Crippen LogP contribution in [0.1, 0.15) is 53.4 Å². The highest BCUT2D eigenvalue weighted by molar-refractivity contribution is 7.59. The summed E-state index contributed by atoms with van der Waals surface area (Å²) in [6.45, 7) is 7.37. The molecule has 1 saturated carbocycles. The van der Waals surface area contributed by atoms with E-state index < -0.39 is 31.5 Å². The molecule has 2 aromatic rings. The van der Waals surface area contributed by atoms with E-state index in [2.05, 4.69) is 25.1 Å². The van der Waals surface area contributed by atoms with Crippen molar-refractivity contribution in [3.63, 3.8) is 0 Å². The molecule has 200 valence electrons. The molecule has 0 amide bonds. The third-order valence-electron chi connectivity index (χ3n) is 5.58. The summed E-state index contributed by atoms with van der Waals surface area (Å²) >= 11 is 0. The monoisotopic (exact) mass is 525 g/mol. The van der Waals surface area contributed by atoms with Crippen LogP contribution < -0.4 is 15.9 Å². The molecule has 1 fully saturated rings. The molecule has 4 N–H and O–H groups in total. The van der Waals surface area contributed by atoms with Crippen molar-refractivity contribution >= 4 is 36.4 Å². The molecule has 36 heavy (non-hydrogen) atoms. The number of anilines is 1. The molecule has 14 heteroatoms. The summed E-state index contributed by atoms with van der Waals surface area (Å²) in [5, 5.41) is 5.72. The molecule has 1 aliphatic carbocycles. The fourth-order valence-electron chi connectivity index (χ4n) is 3.50. The molecule has 2 heterocycles. The van der Waals surface area contributed by atoms with Gasteiger partial charge in [-0.05, 0) is 47.0 Å². The van der Waals surface area contributed by atoms with Gasteiger partial charge in [0.1, 0.15) is 30.3 Å². The van der Waals surface area contributed by atoms with Crippen molar-refractivity contribution in [2.45, 2.75) is 84.3 Å². The summed E-state index contributed by atoms with van der Waals surface area (Å²) in [4.78, 5) is 36.7. The average Bonchev–Trinajstić information content (AvgIpc) is 3.18. The van der Waals surface area contributed by atoms with Gasteiger partial charge in [0.05, 0.1) is 31.5 Å². The lowest BCUT2D eigenvalue weighted by atomic mass is 9.96. The standard InChI is InChI=1S/C22H36N7O6P/c1-14(2)34-18(30)8-9-27-36(32,28-16(4)22(31)35-17-6-5-7-17)13-33-15(3)10-29-12-26-19-20(23)24-11-25-21(19)29/h11-12,14-17H,5-10,13H2,1-4H3,(H2,23,24,25)(H2,27,28,32)/t15-,16-,36+/m1/s1. The second-order valence-electron chi connectivity index (χ2n) is 9.21. The smallest absolute Gasteiger partial charge is 0.323 e. The van der Waals surface area contributed by atoms with Gasteiger partial charge in [-0.1, -0.05) is 0 Å². The molecule has 0 saturated heterocycles. The predicted octanol–water partition coefficient (Wildman–Crippen LogP) is 1.97. The van der Waals surface area contributed by atoms with Gasteiger partial charge in [0.15, 0.2) is 11.5 Å². The number of nitrogen functional groups attached to an aromatic ring is 1. The van der Waals surface area contributed by atoms with Crippen LogP contribution in [0.5, 0.6) is 0 Å². The first-order chi connectivity index (χ1) is 17.1. The van der Waals surface area contributed by atoms with E-state index in [0.717, 1.165) is 19.3 Å². The van der Waals surface area contributed by atoms with Crippen LogP contribution in [-0.2, 0) is 34.9 Å². The Kier molecular flexibility index (Phi) is 9.77. The van der Waals surface area contributed by atoms with Crippen LogP contribution >= 0.6 is 7.44 Å². The summed E-state index contributed by atoms with van der Waals surface area (Å²) in [5.74, 6) is -0.607. The largest absolute Gasteiger partial charge is 0.463 e. The first-order valence-electron chi connectivity index (χ1n) is 12.1. The Morgan fingerprint density at radius 2 is 1.97 bits per heavy atom. The van der Waals surface area contributed by atoms with Crippen LogP contribution in [0.2, 0.25) is 0 Å². The van der Waals surface area contributed by atoms with E-state index in [4.69, 9.17) is 19.9 Å². The Labute approximate surface area is 210 Å². The number of nitrogens with zero attached hydrogens (tertiary/aromatic N) is 4. The van der Waals surface area contributed by atoms with Crippen molar-refractivity contribution in [2.24, 2.45) is 0 Å². The number of esters is 2. The molecule has 0 bridgehead atoms. The van der Waals surface area contributed by atoms with E-state index in [-0.39, 0.29) is 37.3 Å². The summed E-state index contributed by atoms with van der Waals surface area (Å²) in [6.07, 6.45) is 4.73. The molecule has 0 radical (unpaired) electrons. The minimum absolute atomic E-state index is 0.0163. The third-order valence-corrected chi connectivity index (χ3v) is 7.63. The zero-order valence-corrected chi connectivity index (χ0v) is 22.1. The van der Waals surface area contributed by atoms with Crippen LogP contribution in [0.4, 0.5) is 5.82 Å². The normalized spacial score (nSPS) is 17.4. The van der Waals surface area contributed by atoms with E-state index in [1.54, 1.807) is 31.7 Å². The van der Waals surface area contributed by atoms with Gasteiger partial charge in [0.2, 0.25) is 7.44 Å². The van der Waals surface area contributed by atoms with Crippen molar-refractivity contribution in [1.82, 2.24) is 29.7 Å². The van der Waals surface area contributed by atoms with Crippen LogP contribution in [0.3, 0.4) is 0 Å². The number of nitrogens with two attached hydrogens (primary N) is 1. The van der Waals surface area contributed by atoms with Crippen molar-refractivity contribution in [2.75, 3.05) is 18.6 Å². The van der Waals surface area contributed by atoms with E-state index in [9.17, 15) is 14.2 Å². The predicted molar refractivity (Wildman–Crippen MR) is 133 cm³/mol. The zero-order chi connectivity index (χ0) is 26.3. The molecule has 3 rings (SSSR count). The molecule has 0 unspecified atom stereocenters. The summed E-state index contributed by atoms with van der Waals surface area (Å²) in [6, 6.07) is -0.831. The Morgan fingerprint density at radius 3 is 2.64 bits per heavy atom. The number of carbonyl (C=O) groups is 2. The van der Waals surface area contributed by atoms with Gasteiger partial charge < -0.3 is 24.5 Å². The third kappa shape index (κ3) is 7.95. The highest BCUT2D eigenvalue weighted by Crippen LogP contribution is 2.37. The Morgan fingerprint density at radius 1 is 1.22 bits per heavy atom. The van der Waals surface area contributed by atoms with Crippen LogP contribution in [0, 0.1) is 0 Å². The molecular weight excluding hydrogens is 489 g/mol. The van der Waals surface area contributed by atoms with Crippen molar-refractivity contribution in [3.8, 4) is 0 Å². The number of fused-ring (bicyclic) bond motifs is 1. The molecule has 0 spiro atoms. The Hall–Kier alpha value is -2.60. The molecule has 2 aromatic heterocycles. The molecule has 3 atom stereocenters. The van der Waals surface area contributed by atoms with Gasteiger partial charge in [-0.2, -0.15) is 0 Å². The first kappa shape index (κ1) is 28.0. The summed E-state index contributed by atoms with van der Waals surface area (Å²) in [7, 11) is -3.45. The topological polar surface area (TPSA) is 173 Å². The van der Waals surface area contributed by atoms with Crippen molar-refractivity contribution < 1.29 is 28.4 Å². The lowest BCUT2D eigenvalue weighted by Gasteiger charge is -2.29. The molecule has 0 aliphatic heterocycles. The van der Waals surface area contributed by atoms with Gasteiger partial charge in [0.25, 0.3) is 0 Å². The van der Waals surface area contributed by atoms with Gasteiger partial charge in [-0.25, -0.2) is 20.0 Å². The fourth-order valence-corrected chi connectivity index (χ4v) is 5.43.